The van der Waals surface area contributed by atoms with Crippen molar-refractivity contribution in [2.24, 2.45) is 13.0 Å². The van der Waals surface area contributed by atoms with Crippen molar-refractivity contribution in [2.75, 3.05) is 13.1 Å². The standard InChI is InChI=1S/C10H19N3O/c1-8(2)6-11-7-9(14)10-12-4-5-13(10)3/h4-5,8-9,11,14H,6-7H2,1-3H3. The minimum Gasteiger partial charge on any atom is -0.384 e. The molecule has 0 radical (unpaired) electrons. The van der Waals surface area contributed by atoms with Gasteiger partial charge in [-0.3, -0.25) is 0 Å². The predicted octanol–water partition coefficient (Wildman–Crippen LogP) is 0.699. The molecule has 0 aliphatic rings. The fourth-order valence-corrected chi connectivity index (χ4v) is 1.30. The van der Waals surface area contributed by atoms with E-state index in [0.717, 1.165) is 6.54 Å². The Morgan fingerprint density at radius 1 is 1.50 bits per heavy atom. The van der Waals surface area contributed by atoms with E-state index in [2.05, 4.69) is 24.1 Å². The van der Waals surface area contributed by atoms with Crippen molar-refractivity contribution < 1.29 is 5.11 Å². The van der Waals surface area contributed by atoms with E-state index in [1.165, 1.54) is 0 Å². The minimum absolute atomic E-state index is 0.520. The molecule has 1 aromatic heterocycles. The molecule has 0 fully saturated rings. The number of aliphatic hydroxyl groups excluding tert-OH is 1. The van der Waals surface area contributed by atoms with E-state index in [4.69, 9.17) is 0 Å². The van der Waals surface area contributed by atoms with Crippen molar-refractivity contribution in [3.63, 3.8) is 0 Å². The Hall–Kier alpha value is -0.870. The van der Waals surface area contributed by atoms with E-state index >= 15 is 0 Å². The SMILES string of the molecule is CC(C)CNCC(O)c1nccn1C. The summed E-state index contributed by atoms with van der Waals surface area (Å²) in [6.45, 7) is 5.75. The summed E-state index contributed by atoms with van der Waals surface area (Å²) in [6.07, 6.45) is 3.01. The molecule has 0 amide bonds. The number of hydrogen-bond acceptors (Lipinski definition) is 3. The summed E-state index contributed by atoms with van der Waals surface area (Å²) in [5.74, 6) is 1.31. The number of nitrogens with one attached hydrogen (secondary N) is 1. The van der Waals surface area contributed by atoms with Crippen molar-refractivity contribution >= 4 is 0 Å². The first-order chi connectivity index (χ1) is 6.61. The zero-order valence-corrected chi connectivity index (χ0v) is 9.07. The maximum absolute atomic E-state index is 9.76. The minimum atomic E-state index is -0.520. The lowest BCUT2D eigenvalue weighted by molar-refractivity contribution is 0.160. The monoisotopic (exact) mass is 197 g/mol. The largest absolute Gasteiger partial charge is 0.384 e. The molecule has 0 aliphatic carbocycles. The van der Waals surface area contributed by atoms with Crippen molar-refractivity contribution in [2.45, 2.75) is 20.0 Å². The van der Waals surface area contributed by atoms with Gasteiger partial charge in [-0.05, 0) is 12.5 Å². The van der Waals surface area contributed by atoms with Gasteiger partial charge in [0.05, 0.1) is 0 Å². The number of aryl methyl sites for hydroxylation is 1. The van der Waals surface area contributed by atoms with Crippen molar-refractivity contribution in [3.8, 4) is 0 Å². The van der Waals surface area contributed by atoms with Gasteiger partial charge in [0, 0.05) is 26.0 Å². The van der Waals surface area contributed by atoms with E-state index in [-0.39, 0.29) is 0 Å². The summed E-state index contributed by atoms with van der Waals surface area (Å²) in [4.78, 5) is 4.09. The van der Waals surface area contributed by atoms with Gasteiger partial charge < -0.3 is 15.0 Å². The Bertz CT molecular complexity index is 270. The third-order valence-electron chi connectivity index (χ3n) is 2.05. The average molecular weight is 197 g/mol. The van der Waals surface area contributed by atoms with Crippen LogP contribution in [0.15, 0.2) is 12.4 Å². The highest BCUT2D eigenvalue weighted by atomic mass is 16.3. The van der Waals surface area contributed by atoms with Gasteiger partial charge >= 0.3 is 0 Å². The summed E-state index contributed by atoms with van der Waals surface area (Å²) in [7, 11) is 1.88. The summed E-state index contributed by atoms with van der Waals surface area (Å²) >= 11 is 0. The Morgan fingerprint density at radius 3 is 2.71 bits per heavy atom. The van der Waals surface area contributed by atoms with Gasteiger partial charge in [-0.1, -0.05) is 13.8 Å². The third kappa shape index (κ3) is 3.12. The molecular formula is C10H19N3O. The Morgan fingerprint density at radius 2 is 2.21 bits per heavy atom. The van der Waals surface area contributed by atoms with E-state index in [1.807, 2.05) is 17.8 Å². The van der Waals surface area contributed by atoms with Gasteiger partial charge in [0.15, 0.2) is 0 Å². The molecule has 0 bridgehead atoms. The fourth-order valence-electron chi connectivity index (χ4n) is 1.30. The van der Waals surface area contributed by atoms with Crippen LogP contribution in [-0.4, -0.2) is 27.7 Å². The van der Waals surface area contributed by atoms with Gasteiger partial charge in [0.25, 0.3) is 0 Å². The second-order valence-electron chi connectivity index (χ2n) is 3.96. The molecule has 1 heterocycles. The van der Waals surface area contributed by atoms with E-state index < -0.39 is 6.10 Å². The van der Waals surface area contributed by atoms with Crippen LogP contribution in [0.5, 0.6) is 0 Å². The predicted molar refractivity (Wildman–Crippen MR) is 55.9 cm³/mol. The Balaban J connectivity index is 2.36. The molecule has 4 nitrogen and oxygen atoms in total. The highest BCUT2D eigenvalue weighted by Gasteiger charge is 2.11. The van der Waals surface area contributed by atoms with Crippen LogP contribution in [0.1, 0.15) is 25.8 Å². The van der Waals surface area contributed by atoms with Crippen molar-refractivity contribution in [3.05, 3.63) is 18.2 Å². The number of aromatic nitrogens is 2. The summed E-state index contributed by atoms with van der Waals surface area (Å²) in [5, 5.41) is 13.0. The zero-order chi connectivity index (χ0) is 10.6. The first kappa shape index (κ1) is 11.2. The molecule has 14 heavy (non-hydrogen) atoms. The summed E-state index contributed by atoms with van der Waals surface area (Å²) in [5.41, 5.74) is 0. The van der Waals surface area contributed by atoms with Crippen LogP contribution >= 0.6 is 0 Å². The second-order valence-corrected chi connectivity index (χ2v) is 3.96. The van der Waals surface area contributed by atoms with Crippen LogP contribution in [0.3, 0.4) is 0 Å². The molecule has 0 aliphatic heterocycles. The van der Waals surface area contributed by atoms with E-state index in [1.54, 1.807) is 6.20 Å². The van der Waals surface area contributed by atoms with Gasteiger partial charge in [-0.2, -0.15) is 0 Å². The number of rotatable bonds is 5. The van der Waals surface area contributed by atoms with Gasteiger partial charge in [0.2, 0.25) is 0 Å². The molecule has 1 unspecified atom stereocenters. The Kier molecular flexibility index (Phi) is 4.10. The molecule has 1 atom stereocenters. The van der Waals surface area contributed by atoms with Crippen LogP contribution < -0.4 is 5.32 Å². The van der Waals surface area contributed by atoms with Gasteiger partial charge in [0.1, 0.15) is 11.9 Å². The first-order valence-corrected chi connectivity index (χ1v) is 4.97. The lowest BCUT2D eigenvalue weighted by atomic mass is 10.2. The highest BCUT2D eigenvalue weighted by molar-refractivity contribution is 4.95. The lowest BCUT2D eigenvalue weighted by Gasteiger charge is -2.12. The third-order valence-corrected chi connectivity index (χ3v) is 2.05. The molecule has 1 aromatic rings. The quantitative estimate of drug-likeness (QED) is 0.730. The molecule has 0 saturated heterocycles. The molecule has 4 heteroatoms. The number of nitrogens with zero attached hydrogens (tertiary/aromatic N) is 2. The Labute approximate surface area is 85.0 Å². The number of hydrogen-bond donors (Lipinski definition) is 2. The summed E-state index contributed by atoms with van der Waals surface area (Å²) in [6, 6.07) is 0. The van der Waals surface area contributed by atoms with E-state index in [9.17, 15) is 5.11 Å². The van der Waals surface area contributed by atoms with Crippen LogP contribution in [0.25, 0.3) is 0 Å². The normalized spacial score (nSPS) is 13.5. The maximum atomic E-state index is 9.76. The first-order valence-electron chi connectivity index (χ1n) is 4.97. The topological polar surface area (TPSA) is 50.1 Å². The molecule has 0 aromatic carbocycles. The molecule has 0 saturated carbocycles. The van der Waals surface area contributed by atoms with Crippen LogP contribution in [0.2, 0.25) is 0 Å². The van der Waals surface area contributed by atoms with Crippen LogP contribution in [-0.2, 0) is 7.05 Å². The highest BCUT2D eigenvalue weighted by Crippen LogP contribution is 2.07. The van der Waals surface area contributed by atoms with Crippen LogP contribution in [0, 0.1) is 5.92 Å². The number of imidazole rings is 1. The molecule has 0 spiro atoms. The zero-order valence-electron chi connectivity index (χ0n) is 9.07. The smallest absolute Gasteiger partial charge is 0.138 e. The number of aliphatic hydroxyl groups is 1. The van der Waals surface area contributed by atoms with Gasteiger partial charge in [-0.25, -0.2) is 4.98 Å². The lowest BCUT2D eigenvalue weighted by Crippen LogP contribution is -2.26. The molecular weight excluding hydrogens is 178 g/mol. The maximum Gasteiger partial charge on any atom is 0.138 e. The van der Waals surface area contributed by atoms with Crippen molar-refractivity contribution in [1.82, 2.24) is 14.9 Å². The molecule has 2 N–H and O–H groups in total. The summed E-state index contributed by atoms with van der Waals surface area (Å²) < 4.78 is 1.84. The average Bonchev–Trinajstić information content (AvgIpc) is 2.50. The molecule has 1 rings (SSSR count). The second kappa shape index (κ2) is 5.12. The van der Waals surface area contributed by atoms with Crippen molar-refractivity contribution in [1.29, 1.82) is 0 Å². The van der Waals surface area contributed by atoms with Crippen LogP contribution in [0.4, 0.5) is 0 Å². The van der Waals surface area contributed by atoms with E-state index in [0.29, 0.717) is 18.3 Å². The molecule has 80 valence electrons. The van der Waals surface area contributed by atoms with Gasteiger partial charge in [-0.15, -0.1) is 0 Å². The fraction of sp³-hybridized carbons (Fsp3) is 0.700.